The van der Waals surface area contributed by atoms with Gasteiger partial charge in [0.1, 0.15) is 0 Å². The molecule has 1 unspecified atom stereocenters. The first-order valence-electron chi connectivity index (χ1n) is 6.77. The van der Waals surface area contributed by atoms with Gasteiger partial charge in [0.2, 0.25) is 0 Å². The number of hydrogen-bond acceptors (Lipinski definition) is 5. The molecule has 112 valence electrons. The molecule has 5 nitrogen and oxygen atoms in total. The lowest BCUT2D eigenvalue weighted by Crippen LogP contribution is -2.18. The molecule has 1 aromatic rings. The molecule has 0 spiro atoms. The molecule has 0 saturated carbocycles. The maximum atomic E-state index is 11.6. The van der Waals surface area contributed by atoms with Crippen molar-refractivity contribution in [2.75, 3.05) is 33.5 Å². The minimum atomic E-state index is -0.318. The van der Waals surface area contributed by atoms with E-state index in [1.165, 1.54) is 0 Å². The van der Waals surface area contributed by atoms with Crippen molar-refractivity contribution in [2.45, 2.75) is 18.9 Å². The van der Waals surface area contributed by atoms with E-state index in [1.54, 1.807) is 7.11 Å². The first-order chi connectivity index (χ1) is 9.74. The van der Waals surface area contributed by atoms with Crippen molar-refractivity contribution in [3.8, 4) is 0 Å². The maximum Gasteiger partial charge on any atom is 0.307 e. The van der Waals surface area contributed by atoms with Crippen molar-refractivity contribution in [1.29, 1.82) is 0 Å². The zero-order valence-corrected chi connectivity index (χ0v) is 11.9. The van der Waals surface area contributed by atoms with Crippen LogP contribution in [0.4, 0.5) is 0 Å². The SMILES string of the molecule is COCCOCCCOC(=O)CC(N)c1ccccc1. The first-order valence-corrected chi connectivity index (χ1v) is 6.77. The molecule has 5 heteroatoms. The van der Waals surface area contributed by atoms with Gasteiger partial charge in [-0.1, -0.05) is 30.3 Å². The van der Waals surface area contributed by atoms with Gasteiger partial charge in [0.05, 0.1) is 26.2 Å². The van der Waals surface area contributed by atoms with Crippen LogP contribution in [0.5, 0.6) is 0 Å². The summed E-state index contributed by atoms with van der Waals surface area (Å²) in [5.74, 6) is -0.279. The Bertz CT molecular complexity index is 369. The van der Waals surface area contributed by atoms with Crippen molar-refractivity contribution in [3.63, 3.8) is 0 Å². The Labute approximate surface area is 120 Å². The number of esters is 1. The fourth-order valence-electron chi connectivity index (χ4n) is 1.65. The molecule has 0 aliphatic rings. The van der Waals surface area contributed by atoms with E-state index in [1.807, 2.05) is 30.3 Å². The average Bonchev–Trinajstić information content (AvgIpc) is 2.47. The van der Waals surface area contributed by atoms with Gasteiger partial charge in [0.25, 0.3) is 0 Å². The Balaban J connectivity index is 2.08. The molecule has 0 aliphatic carbocycles. The molecule has 1 rings (SSSR count). The van der Waals surface area contributed by atoms with Crippen molar-refractivity contribution < 1.29 is 19.0 Å². The molecular formula is C15H23NO4. The Morgan fingerprint density at radius 1 is 1.15 bits per heavy atom. The van der Waals surface area contributed by atoms with E-state index in [4.69, 9.17) is 19.9 Å². The molecule has 1 atom stereocenters. The monoisotopic (exact) mass is 281 g/mol. The largest absolute Gasteiger partial charge is 0.466 e. The lowest BCUT2D eigenvalue weighted by atomic mass is 10.1. The van der Waals surface area contributed by atoms with Gasteiger partial charge in [-0.25, -0.2) is 0 Å². The smallest absolute Gasteiger partial charge is 0.307 e. The summed E-state index contributed by atoms with van der Waals surface area (Å²) >= 11 is 0. The topological polar surface area (TPSA) is 70.8 Å². The third-order valence-corrected chi connectivity index (χ3v) is 2.74. The van der Waals surface area contributed by atoms with Crippen LogP contribution >= 0.6 is 0 Å². The highest BCUT2D eigenvalue weighted by atomic mass is 16.5. The molecule has 0 aliphatic heterocycles. The summed E-state index contributed by atoms with van der Waals surface area (Å²) in [6, 6.07) is 9.21. The highest BCUT2D eigenvalue weighted by molar-refractivity contribution is 5.70. The van der Waals surface area contributed by atoms with Crippen molar-refractivity contribution in [2.24, 2.45) is 5.73 Å². The minimum absolute atomic E-state index is 0.189. The third-order valence-electron chi connectivity index (χ3n) is 2.74. The minimum Gasteiger partial charge on any atom is -0.466 e. The summed E-state index contributed by atoms with van der Waals surface area (Å²) < 4.78 is 15.2. The second-order valence-corrected chi connectivity index (χ2v) is 4.40. The van der Waals surface area contributed by atoms with E-state index < -0.39 is 0 Å². The van der Waals surface area contributed by atoms with Crippen molar-refractivity contribution >= 4 is 5.97 Å². The normalized spacial score (nSPS) is 12.1. The molecular weight excluding hydrogens is 258 g/mol. The zero-order valence-electron chi connectivity index (χ0n) is 11.9. The van der Waals surface area contributed by atoms with Crippen LogP contribution < -0.4 is 5.73 Å². The molecule has 0 saturated heterocycles. The van der Waals surface area contributed by atoms with E-state index in [0.717, 1.165) is 5.56 Å². The van der Waals surface area contributed by atoms with Crippen LogP contribution in [-0.2, 0) is 19.0 Å². The van der Waals surface area contributed by atoms with Crippen LogP contribution in [0.2, 0.25) is 0 Å². The lowest BCUT2D eigenvalue weighted by molar-refractivity contribution is -0.144. The van der Waals surface area contributed by atoms with Gasteiger partial charge in [-0.15, -0.1) is 0 Å². The number of methoxy groups -OCH3 is 1. The van der Waals surface area contributed by atoms with E-state index in [0.29, 0.717) is 32.8 Å². The highest BCUT2D eigenvalue weighted by Gasteiger charge is 2.12. The summed E-state index contributed by atoms with van der Waals surface area (Å²) in [6.07, 6.45) is 0.866. The summed E-state index contributed by atoms with van der Waals surface area (Å²) in [5, 5.41) is 0. The van der Waals surface area contributed by atoms with Crippen LogP contribution in [0.3, 0.4) is 0 Å². The Hall–Kier alpha value is -1.43. The van der Waals surface area contributed by atoms with Gasteiger partial charge in [-0.05, 0) is 5.56 Å². The predicted octanol–water partition coefficient (Wildman–Crippen LogP) is 1.67. The number of nitrogens with two attached hydrogens (primary N) is 1. The van der Waals surface area contributed by atoms with Crippen LogP contribution in [0, 0.1) is 0 Å². The van der Waals surface area contributed by atoms with E-state index in [2.05, 4.69) is 0 Å². The highest BCUT2D eigenvalue weighted by Crippen LogP contribution is 2.13. The van der Waals surface area contributed by atoms with Gasteiger partial charge in [-0.3, -0.25) is 4.79 Å². The predicted molar refractivity (Wildman–Crippen MR) is 76.3 cm³/mol. The van der Waals surface area contributed by atoms with E-state index in [-0.39, 0.29) is 18.4 Å². The van der Waals surface area contributed by atoms with Crippen LogP contribution in [0.15, 0.2) is 30.3 Å². The summed E-state index contributed by atoms with van der Waals surface area (Å²) in [5.41, 5.74) is 6.88. The number of hydrogen-bond donors (Lipinski definition) is 1. The molecule has 0 aromatic heterocycles. The summed E-state index contributed by atoms with van der Waals surface area (Å²) in [4.78, 5) is 11.6. The standard InChI is InChI=1S/C15H23NO4/c1-18-10-11-19-8-5-9-20-15(17)12-14(16)13-6-3-2-4-7-13/h2-4,6-7,14H,5,8-12,16H2,1H3. The van der Waals surface area contributed by atoms with Crippen LogP contribution in [-0.4, -0.2) is 39.5 Å². The molecule has 0 amide bonds. The van der Waals surface area contributed by atoms with Gasteiger partial charge in [0, 0.05) is 26.2 Å². The third kappa shape index (κ3) is 7.23. The fraction of sp³-hybridized carbons (Fsp3) is 0.533. The lowest BCUT2D eigenvalue weighted by Gasteiger charge is -2.11. The maximum absolute atomic E-state index is 11.6. The number of carbonyl (C=O) groups is 1. The van der Waals surface area contributed by atoms with Crippen LogP contribution in [0.25, 0.3) is 0 Å². The number of carbonyl (C=O) groups excluding carboxylic acids is 1. The Kier molecular flexibility index (Phi) is 8.62. The summed E-state index contributed by atoms with van der Waals surface area (Å²) in [7, 11) is 1.63. The fourth-order valence-corrected chi connectivity index (χ4v) is 1.65. The number of ether oxygens (including phenoxy) is 3. The molecule has 2 N–H and O–H groups in total. The Morgan fingerprint density at radius 3 is 2.60 bits per heavy atom. The second-order valence-electron chi connectivity index (χ2n) is 4.40. The average molecular weight is 281 g/mol. The molecule has 20 heavy (non-hydrogen) atoms. The van der Waals surface area contributed by atoms with Gasteiger partial charge in [0.15, 0.2) is 0 Å². The first kappa shape index (κ1) is 16.6. The second kappa shape index (κ2) is 10.4. The van der Waals surface area contributed by atoms with Crippen molar-refractivity contribution in [1.82, 2.24) is 0 Å². The summed E-state index contributed by atoms with van der Waals surface area (Å²) in [6.45, 7) is 2.05. The van der Waals surface area contributed by atoms with Crippen molar-refractivity contribution in [3.05, 3.63) is 35.9 Å². The molecule has 1 aromatic carbocycles. The number of benzene rings is 1. The van der Waals surface area contributed by atoms with Crippen LogP contribution in [0.1, 0.15) is 24.4 Å². The Morgan fingerprint density at radius 2 is 1.90 bits per heavy atom. The van der Waals surface area contributed by atoms with Gasteiger partial charge >= 0.3 is 5.97 Å². The van der Waals surface area contributed by atoms with Gasteiger partial charge < -0.3 is 19.9 Å². The molecule has 0 bridgehead atoms. The molecule has 0 heterocycles. The quantitative estimate of drug-likeness (QED) is 0.522. The zero-order chi connectivity index (χ0) is 14.6. The van der Waals surface area contributed by atoms with Gasteiger partial charge in [-0.2, -0.15) is 0 Å². The molecule has 0 radical (unpaired) electrons. The van der Waals surface area contributed by atoms with E-state index >= 15 is 0 Å². The van der Waals surface area contributed by atoms with E-state index in [9.17, 15) is 4.79 Å². The number of rotatable bonds is 10. The molecule has 0 fully saturated rings.